The number of fused-ring (bicyclic) bond motifs is 1. The fourth-order valence-electron chi connectivity index (χ4n) is 5.50. The fraction of sp³-hybridized carbons (Fsp3) is 0.609. The van der Waals surface area contributed by atoms with Crippen molar-refractivity contribution in [3.05, 3.63) is 35.9 Å². The van der Waals surface area contributed by atoms with E-state index in [-0.39, 0.29) is 40.4 Å². The molecule has 9 heteroatoms. The monoisotopic (exact) mass is 523 g/mol. The van der Waals surface area contributed by atoms with Crippen LogP contribution in [0.5, 0.6) is 0 Å². The highest BCUT2D eigenvalue weighted by atomic mass is 79.9. The number of amides is 3. The van der Waals surface area contributed by atoms with E-state index in [1.165, 1.54) is 4.90 Å². The smallest absolute Gasteiger partial charge is 0.244 e. The number of thioether (sulfide) groups is 1. The number of benzene rings is 1. The molecule has 7 nitrogen and oxygen atoms in total. The van der Waals surface area contributed by atoms with Gasteiger partial charge in [-0.05, 0) is 32.8 Å². The Labute approximate surface area is 201 Å². The Balaban J connectivity index is 1.66. The van der Waals surface area contributed by atoms with E-state index >= 15 is 0 Å². The topological polar surface area (TPSA) is 98.7 Å². The maximum absolute atomic E-state index is 13.7. The fourth-order valence-corrected chi connectivity index (χ4v) is 9.10. The molecule has 0 aliphatic carbocycles. The highest BCUT2D eigenvalue weighted by Gasteiger charge is 2.75. The van der Waals surface area contributed by atoms with Gasteiger partial charge in [0.25, 0.3) is 0 Å². The van der Waals surface area contributed by atoms with E-state index < -0.39 is 28.7 Å². The second-order valence-electron chi connectivity index (χ2n) is 9.31. The zero-order valence-electron chi connectivity index (χ0n) is 18.5. The summed E-state index contributed by atoms with van der Waals surface area (Å²) in [5, 5.41) is 15.7. The molecule has 2 bridgehead atoms. The maximum Gasteiger partial charge on any atom is 0.244 e. The summed E-state index contributed by atoms with van der Waals surface area (Å²) in [7, 11) is 0. The van der Waals surface area contributed by atoms with Crippen LogP contribution in [0.2, 0.25) is 0 Å². The molecule has 3 saturated heterocycles. The van der Waals surface area contributed by atoms with Crippen molar-refractivity contribution in [3.8, 4) is 0 Å². The van der Waals surface area contributed by atoms with E-state index in [0.717, 1.165) is 5.56 Å². The zero-order valence-corrected chi connectivity index (χ0v) is 20.9. The zero-order chi connectivity index (χ0) is 23.2. The number of hydrogen-bond acceptors (Lipinski definition) is 5. The Morgan fingerprint density at radius 2 is 1.94 bits per heavy atom. The van der Waals surface area contributed by atoms with Crippen molar-refractivity contribution in [2.45, 2.75) is 66.7 Å². The molecule has 0 radical (unpaired) electrons. The molecular formula is C23H30BrN3O4S. The average molecular weight is 524 g/mol. The second-order valence-corrected chi connectivity index (χ2v) is 12.0. The van der Waals surface area contributed by atoms with E-state index in [4.69, 9.17) is 0 Å². The van der Waals surface area contributed by atoms with Crippen molar-refractivity contribution in [2.24, 2.45) is 11.8 Å². The van der Waals surface area contributed by atoms with Crippen LogP contribution in [-0.4, -0.2) is 67.3 Å². The molecule has 7 atom stereocenters. The molecule has 0 aromatic heterocycles. The summed E-state index contributed by atoms with van der Waals surface area (Å²) in [6.45, 7) is 5.67. The number of alkyl halides is 1. The van der Waals surface area contributed by atoms with Crippen molar-refractivity contribution < 1.29 is 19.5 Å². The summed E-state index contributed by atoms with van der Waals surface area (Å²) in [4.78, 5) is 42.0. The Morgan fingerprint density at radius 3 is 2.56 bits per heavy atom. The van der Waals surface area contributed by atoms with Gasteiger partial charge in [-0.2, -0.15) is 0 Å². The lowest BCUT2D eigenvalue weighted by Crippen LogP contribution is -2.57. The normalized spacial score (nSPS) is 34.0. The lowest BCUT2D eigenvalue weighted by molar-refractivity contribution is -0.142. The SMILES string of the molecule is CC(C)NC(=O)C1N([C@H](C)CO)C(=O)[C@@H]2[C@@H](C(=O)NCc3ccccc3)[C@@H]3SC12CC3Br. The number of nitrogens with one attached hydrogen (secondary N) is 2. The highest BCUT2D eigenvalue weighted by Crippen LogP contribution is 2.67. The maximum atomic E-state index is 13.7. The molecule has 0 saturated carbocycles. The van der Waals surface area contributed by atoms with Crippen LogP contribution in [0.3, 0.4) is 0 Å². The molecule has 32 heavy (non-hydrogen) atoms. The lowest BCUT2D eigenvalue weighted by Gasteiger charge is -2.37. The minimum atomic E-state index is -0.716. The largest absolute Gasteiger partial charge is 0.394 e. The number of rotatable bonds is 7. The molecule has 174 valence electrons. The summed E-state index contributed by atoms with van der Waals surface area (Å²) >= 11 is 5.34. The molecule has 3 heterocycles. The van der Waals surface area contributed by atoms with Crippen molar-refractivity contribution in [2.75, 3.05) is 6.61 Å². The molecule has 1 aromatic carbocycles. The van der Waals surface area contributed by atoms with E-state index in [9.17, 15) is 19.5 Å². The number of halogens is 1. The summed E-state index contributed by atoms with van der Waals surface area (Å²) in [5.74, 6) is -1.69. The van der Waals surface area contributed by atoms with Gasteiger partial charge in [-0.15, -0.1) is 11.8 Å². The van der Waals surface area contributed by atoms with E-state index in [2.05, 4.69) is 26.6 Å². The van der Waals surface area contributed by atoms with Gasteiger partial charge in [0.2, 0.25) is 17.7 Å². The van der Waals surface area contributed by atoms with Crippen LogP contribution in [-0.2, 0) is 20.9 Å². The number of likely N-dealkylation sites (tertiary alicyclic amines) is 1. The third-order valence-corrected chi connectivity index (χ3v) is 9.98. The quantitative estimate of drug-likeness (QED) is 0.472. The Morgan fingerprint density at radius 1 is 1.25 bits per heavy atom. The summed E-state index contributed by atoms with van der Waals surface area (Å²) in [6, 6.07) is 8.36. The predicted octanol–water partition coefficient (Wildman–Crippen LogP) is 1.67. The molecule has 1 aromatic rings. The molecule has 3 aliphatic heterocycles. The van der Waals surface area contributed by atoms with Crippen molar-refractivity contribution >= 4 is 45.4 Å². The highest BCUT2D eigenvalue weighted by molar-refractivity contribution is 9.09. The third kappa shape index (κ3) is 3.76. The van der Waals surface area contributed by atoms with Gasteiger partial charge in [-0.25, -0.2) is 0 Å². The standard InChI is InChI=1S/C23H30BrN3O4S/c1-12(2)26-21(30)19-23-9-15(24)18(32-23)16(17(23)22(31)27(19)13(3)11-28)20(29)25-10-14-7-5-4-6-8-14/h4-8,12-13,15-19,28H,9-11H2,1-3H3,(H,25,29)(H,26,30)/t13-,15?,16-,17+,18-,19?,23?/m1/s1. The summed E-state index contributed by atoms with van der Waals surface area (Å²) in [5.41, 5.74) is 0.990. The summed E-state index contributed by atoms with van der Waals surface area (Å²) < 4.78 is -0.687. The van der Waals surface area contributed by atoms with Crippen LogP contribution in [0, 0.1) is 11.8 Å². The van der Waals surface area contributed by atoms with E-state index in [1.54, 1.807) is 18.7 Å². The first-order valence-electron chi connectivity index (χ1n) is 11.1. The minimum Gasteiger partial charge on any atom is -0.394 e. The lowest BCUT2D eigenvalue weighted by atomic mass is 9.70. The van der Waals surface area contributed by atoms with Crippen molar-refractivity contribution in [1.29, 1.82) is 0 Å². The molecule has 4 rings (SSSR count). The van der Waals surface area contributed by atoms with E-state index in [1.807, 2.05) is 44.2 Å². The minimum absolute atomic E-state index is 0.0303. The van der Waals surface area contributed by atoms with Crippen LogP contribution < -0.4 is 10.6 Å². The van der Waals surface area contributed by atoms with Gasteiger partial charge in [-0.3, -0.25) is 14.4 Å². The molecular weight excluding hydrogens is 494 g/mol. The number of nitrogens with zero attached hydrogens (tertiary/aromatic N) is 1. The Hall–Kier alpha value is -1.58. The molecule has 3 N–H and O–H groups in total. The molecule has 1 spiro atoms. The van der Waals surface area contributed by atoms with Gasteiger partial charge in [0.1, 0.15) is 6.04 Å². The van der Waals surface area contributed by atoms with Crippen LogP contribution >= 0.6 is 27.7 Å². The van der Waals surface area contributed by atoms with Gasteiger partial charge in [0.15, 0.2) is 0 Å². The van der Waals surface area contributed by atoms with E-state index in [0.29, 0.717) is 13.0 Å². The van der Waals surface area contributed by atoms with Gasteiger partial charge >= 0.3 is 0 Å². The number of aliphatic hydroxyl groups excluding tert-OH is 1. The summed E-state index contributed by atoms with van der Waals surface area (Å²) in [6.07, 6.45) is 0.631. The Bertz CT molecular complexity index is 900. The number of carbonyl (C=O) groups is 3. The first kappa shape index (κ1) is 23.6. The van der Waals surface area contributed by atoms with Gasteiger partial charge in [0, 0.05) is 22.7 Å². The molecule has 3 aliphatic rings. The second kappa shape index (κ2) is 8.99. The van der Waals surface area contributed by atoms with Gasteiger partial charge in [0.05, 0.1) is 29.2 Å². The van der Waals surface area contributed by atoms with Crippen LogP contribution in [0.15, 0.2) is 30.3 Å². The van der Waals surface area contributed by atoms with Crippen molar-refractivity contribution in [1.82, 2.24) is 15.5 Å². The number of hydrogen-bond donors (Lipinski definition) is 3. The molecule has 3 fully saturated rings. The van der Waals surface area contributed by atoms with Crippen LogP contribution in [0.1, 0.15) is 32.8 Å². The van der Waals surface area contributed by atoms with Crippen LogP contribution in [0.25, 0.3) is 0 Å². The van der Waals surface area contributed by atoms with Crippen LogP contribution in [0.4, 0.5) is 0 Å². The predicted molar refractivity (Wildman–Crippen MR) is 127 cm³/mol. The van der Waals surface area contributed by atoms with Crippen molar-refractivity contribution in [3.63, 3.8) is 0 Å². The third-order valence-electron chi connectivity index (χ3n) is 6.76. The van der Waals surface area contributed by atoms with Gasteiger partial charge in [-0.1, -0.05) is 46.3 Å². The first-order valence-corrected chi connectivity index (χ1v) is 12.9. The molecule has 3 amide bonds. The Kier molecular flexibility index (Phi) is 6.62. The number of carbonyl (C=O) groups excluding carboxylic acids is 3. The van der Waals surface area contributed by atoms with Gasteiger partial charge < -0.3 is 20.6 Å². The first-order chi connectivity index (χ1) is 15.2. The number of aliphatic hydroxyl groups is 1. The average Bonchev–Trinajstić information content (AvgIpc) is 3.35. The molecule has 3 unspecified atom stereocenters.